The third-order valence-corrected chi connectivity index (χ3v) is 6.73. The van der Waals surface area contributed by atoms with E-state index < -0.39 is 0 Å². The van der Waals surface area contributed by atoms with Gasteiger partial charge < -0.3 is 10.3 Å². The number of aromatic amines is 1. The van der Waals surface area contributed by atoms with Gasteiger partial charge in [0.25, 0.3) is 0 Å². The third kappa shape index (κ3) is 3.80. The molecule has 0 aliphatic rings. The number of rotatable bonds is 6. The molecule has 0 spiro atoms. The van der Waals surface area contributed by atoms with E-state index in [0.29, 0.717) is 0 Å². The van der Waals surface area contributed by atoms with Crippen molar-refractivity contribution in [3.05, 3.63) is 72.5 Å². The maximum absolute atomic E-state index is 12.2. The molecule has 0 atom stereocenters. The number of pyridine rings is 1. The lowest BCUT2D eigenvalue weighted by molar-refractivity contribution is -0.111. The fourth-order valence-corrected chi connectivity index (χ4v) is 4.80. The van der Waals surface area contributed by atoms with Gasteiger partial charge in [-0.3, -0.25) is 14.2 Å². The summed E-state index contributed by atoms with van der Waals surface area (Å²) in [7, 11) is 1.90. The molecule has 5 aromatic rings. The molecule has 8 nitrogen and oxygen atoms in total. The highest BCUT2D eigenvalue weighted by atomic mass is 16.1. The molecule has 0 aliphatic heterocycles. The Labute approximate surface area is 209 Å². The van der Waals surface area contributed by atoms with Crippen LogP contribution < -0.4 is 5.32 Å². The van der Waals surface area contributed by atoms with E-state index in [1.165, 1.54) is 6.08 Å². The van der Waals surface area contributed by atoms with Crippen LogP contribution in [0.2, 0.25) is 0 Å². The quantitative estimate of drug-likeness (QED) is 0.312. The number of nitrogens with zero attached hydrogens (tertiary/aromatic N) is 5. The van der Waals surface area contributed by atoms with Crippen LogP contribution in [0.3, 0.4) is 0 Å². The predicted octanol–water partition coefficient (Wildman–Crippen LogP) is 5.56. The fourth-order valence-electron chi connectivity index (χ4n) is 4.80. The molecule has 1 amide bonds. The Bertz CT molecular complexity index is 1630. The summed E-state index contributed by atoms with van der Waals surface area (Å²) >= 11 is 0. The monoisotopic (exact) mass is 479 g/mol. The third-order valence-electron chi connectivity index (χ3n) is 6.73. The molecule has 0 saturated heterocycles. The zero-order valence-corrected chi connectivity index (χ0v) is 21.2. The van der Waals surface area contributed by atoms with E-state index in [4.69, 9.17) is 4.98 Å². The van der Waals surface area contributed by atoms with E-state index in [2.05, 4.69) is 53.1 Å². The largest absolute Gasteiger partial charge is 0.339 e. The van der Waals surface area contributed by atoms with Gasteiger partial charge in [0.2, 0.25) is 5.91 Å². The summed E-state index contributed by atoms with van der Waals surface area (Å²) < 4.78 is 3.76. The van der Waals surface area contributed by atoms with E-state index in [-0.39, 0.29) is 5.91 Å². The van der Waals surface area contributed by atoms with E-state index in [0.717, 1.165) is 73.6 Å². The minimum absolute atomic E-state index is 0.239. The van der Waals surface area contributed by atoms with Crippen LogP contribution >= 0.6 is 0 Å². The molecule has 8 heteroatoms. The van der Waals surface area contributed by atoms with Crippen molar-refractivity contribution in [2.24, 2.45) is 7.05 Å². The van der Waals surface area contributed by atoms with E-state index in [1.54, 1.807) is 4.68 Å². The van der Waals surface area contributed by atoms with Crippen LogP contribution in [0.25, 0.3) is 44.5 Å². The number of nitrogens with one attached hydrogen (secondary N) is 2. The average molecular weight is 480 g/mol. The van der Waals surface area contributed by atoms with Crippen molar-refractivity contribution in [1.29, 1.82) is 0 Å². The number of aryl methyl sites for hydroxylation is 3. The van der Waals surface area contributed by atoms with Crippen molar-refractivity contribution < 1.29 is 4.79 Å². The van der Waals surface area contributed by atoms with Crippen molar-refractivity contribution in [3.63, 3.8) is 0 Å². The Hall–Kier alpha value is -4.46. The van der Waals surface area contributed by atoms with Crippen LogP contribution in [0.4, 0.5) is 5.69 Å². The summed E-state index contributed by atoms with van der Waals surface area (Å²) in [4.78, 5) is 20.5. The fraction of sp³-hybridized carbons (Fsp3) is 0.214. The van der Waals surface area contributed by atoms with Crippen LogP contribution in [-0.4, -0.2) is 35.4 Å². The molecule has 0 saturated carbocycles. The Balaban J connectivity index is 1.79. The van der Waals surface area contributed by atoms with Gasteiger partial charge in [0, 0.05) is 65.0 Å². The number of amides is 1. The minimum Gasteiger partial charge on any atom is -0.339 e. The second-order valence-corrected chi connectivity index (χ2v) is 8.98. The van der Waals surface area contributed by atoms with Gasteiger partial charge in [0.1, 0.15) is 5.65 Å². The molecule has 5 rings (SSSR count). The molecular formula is C28H29N7O. The van der Waals surface area contributed by atoms with Gasteiger partial charge in [-0.2, -0.15) is 10.2 Å². The number of anilines is 1. The summed E-state index contributed by atoms with van der Waals surface area (Å²) in [6.07, 6.45) is 8.89. The first kappa shape index (κ1) is 23.3. The second-order valence-electron chi connectivity index (χ2n) is 8.98. The van der Waals surface area contributed by atoms with Crippen LogP contribution in [0.5, 0.6) is 0 Å². The zero-order valence-electron chi connectivity index (χ0n) is 21.2. The van der Waals surface area contributed by atoms with Crippen LogP contribution in [0.15, 0.2) is 55.6 Å². The number of carbonyl (C=O) groups is 1. The summed E-state index contributed by atoms with van der Waals surface area (Å²) in [5, 5.41) is 12.9. The molecule has 0 fully saturated rings. The number of benzene rings is 1. The first-order chi connectivity index (χ1) is 17.3. The Morgan fingerprint density at radius 3 is 2.58 bits per heavy atom. The van der Waals surface area contributed by atoms with Gasteiger partial charge in [-0.25, -0.2) is 4.98 Å². The molecule has 4 aromatic heterocycles. The van der Waals surface area contributed by atoms with E-state index in [1.807, 2.05) is 56.4 Å². The summed E-state index contributed by atoms with van der Waals surface area (Å²) in [6.45, 7) is 12.6. The number of H-pyrrole nitrogens is 1. The molecule has 0 unspecified atom stereocenters. The highest BCUT2D eigenvalue weighted by Crippen LogP contribution is 2.42. The van der Waals surface area contributed by atoms with Gasteiger partial charge in [0.05, 0.1) is 18.1 Å². The van der Waals surface area contributed by atoms with Gasteiger partial charge in [0.15, 0.2) is 0 Å². The number of aromatic nitrogens is 6. The lowest BCUT2D eigenvalue weighted by atomic mass is 9.93. The average Bonchev–Trinajstić information content (AvgIpc) is 3.57. The lowest BCUT2D eigenvalue weighted by Gasteiger charge is -2.16. The summed E-state index contributed by atoms with van der Waals surface area (Å²) in [6, 6.07) is 6.29. The Morgan fingerprint density at radius 1 is 1.11 bits per heavy atom. The maximum atomic E-state index is 12.2. The minimum atomic E-state index is -0.239. The topological polar surface area (TPSA) is 93.4 Å². The maximum Gasteiger partial charge on any atom is 0.247 e. The molecule has 36 heavy (non-hydrogen) atoms. The van der Waals surface area contributed by atoms with Gasteiger partial charge in [-0.1, -0.05) is 18.7 Å². The molecule has 0 aliphatic carbocycles. The Kier molecular flexibility index (Phi) is 5.80. The molecular weight excluding hydrogens is 450 g/mol. The van der Waals surface area contributed by atoms with Crippen molar-refractivity contribution in [2.45, 2.75) is 34.2 Å². The lowest BCUT2D eigenvalue weighted by Crippen LogP contribution is -2.10. The highest BCUT2D eigenvalue weighted by molar-refractivity contribution is 6.06. The smallest absolute Gasteiger partial charge is 0.247 e. The number of fused-ring (bicyclic) bond motifs is 1. The van der Waals surface area contributed by atoms with E-state index in [9.17, 15) is 4.79 Å². The standard InChI is InChI=1S/C28H29N7O/c1-7-24(36)32-26-16(3)9-10-21(17(26)4)25-22-11-19(23-14-31-35(8-2)18(23)5)12-29-28(22)33-27(25)20-13-30-34(6)15-20/h7,9-15H,1,8H2,2-6H3,(H,29,33)(H,32,36). The van der Waals surface area contributed by atoms with Crippen LogP contribution in [0.1, 0.15) is 23.7 Å². The predicted molar refractivity (Wildman–Crippen MR) is 144 cm³/mol. The number of hydrogen-bond donors (Lipinski definition) is 2. The summed E-state index contributed by atoms with van der Waals surface area (Å²) in [5.74, 6) is -0.239. The van der Waals surface area contributed by atoms with Crippen molar-refractivity contribution in [2.75, 3.05) is 5.32 Å². The van der Waals surface area contributed by atoms with Crippen molar-refractivity contribution >= 4 is 22.6 Å². The molecule has 4 heterocycles. The van der Waals surface area contributed by atoms with E-state index >= 15 is 0 Å². The highest BCUT2D eigenvalue weighted by Gasteiger charge is 2.22. The van der Waals surface area contributed by atoms with Gasteiger partial charge in [-0.15, -0.1) is 0 Å². The van der Waals surface area contributed by atoms with Crippen molar-refractivity contribution in [3.8, 4) is 33.5 Å². The molecule has 2 N–H and O–H groups in total. The van der Waals surface area contributed by atoms with Crippen molar-refractivity contribution in [1.82, 2.24) is 29.5 Å². The van der Waals surface area contributed by atoms with Gasteiger partial charge in [-0.05, 0) is 56.5 Å². The van der Waals surface area contributed by atoms with Crippen LogP contribution in [-0.2, 0) is 18.4 Å². The molecule has 0 radical (unpaired) electrons. The zero-order chi connectivity index (χ0) is 25.6. The first-order valence-electron chi connectivity index (χ1n) is 11.9. The first-order valence-corrected chi connectivity index (χ1v) is 11.9. The van der Waals surface area contributed by atoms with Gasteiger partial charge >= 0.3 is 0 Å². The number of hydrogen-bond acceptors (Lipinski definition) is 4. The second kappa shape index (κ2) is 8.96. The van der Waals surface area contributed by atoms with Crippen LogP contribution in [0, 0.1) is 20.8 Å². The molecule has 0 bridgehead atoms. The molecule has 1 aromatic carbocycles. The normalized spacial score (nSPS) is 11.2. The summed E-state index contributed by atoms with van der Waals surface area (Å²) in [5.41, 5.74) is 10.6. The number of carbonyl (C=O) groups excluding carboxylic acids is 1. The SMILES string of the molecule is C=CC(=O)Nc1c(C)ccc(-c2c(-c3cnn(C)c3)[nH]c3ncc(-c4cnn(CC)c4C)cc23)c1C. The Morgan fingerprint density at radius 2 is 1.92 bits per heavy atom. The molecule has 182 valence electrons.